The first-order valence-electron chi connectivity index (χ1n) is 9.18. The summed E-state index contributed by atoms with van der Waals surface area (Å²) in [5.41, 5.74) is 9.32. The van der Waals surface area contributed by atoms with E-state index >= 15 is 0 Å². The lowest BCUT2D eigenvalue weighted by Crippen LogP contribution is -2.25. The highest BCUT2D eigenvalue weighted by Crippen LogP contribution is 2.39. The van der Waals surface area contributed by atoms with Gasteiger partial charge in [0.05, 0.1) is 22.4 Å². The van der Waals surface area contributed by atoms with Crippen molar-refractivity contribution < 1.29 is 23.1 Å². The van der Waals surface area contributed by atoms with Gasteiger partial charge in [0, 0.05) is 11.1 Å². The number of benzene rings is 2. The number of hydrogen-bond donors (Lipinski definition) is 3. The molecular weight excluding hydrogens is 397 g/mol. The molecule has 0 bridgehead atoms. The molecule has 158 valence electrons. The quantitative estimate of drug-likeness (QED) is 0.421. The average molecular weight is 418 g/mol. The number of nitrogens with one attached hydrogen (secondary N) is 1. The van der Waals surface area contributed by atoms with Crippen LogP contribution in [0, 0.1) is 13.8 Å². The number of halogens is 3. The lowest BCUT2D eigenvalue weighted by atomic mass is 10.0. The summed E-state index contributed by atoms with van der Waals surface area (Å²) in [6.07, 6.45) is -4.25. The van der Waals surface area contributed by atoms with Crippen molar-refractivity contribution in [2.45, 2.75) is 33.4 Å². The molecule has 3 rings (SSSR count). The normalized spacial score (nSPS) is 12.4. The predicted molar refractivity (Wildman–Crippen MR) is 109 cm³/mol. The molecule has 0 unspecified atom stereocenters. The zero-order valence-corrected chi connectivity index (χ0v) is 16.6. The fourth-order valence-corrected chi connectivity index (χ4v) is 3.51. The highest BCUT2D eigenvalue weighted by molar-refractivity contribution is 6.14. The monoisotopic (exact) mass is 418 g/mol. The van der Waals surface area contributed by atoms with Gasteiger partial charge in [0.2, 0.25) is 5.88 Å². The van der Waals surface area contributed by atoms with Crippen molar-refractivity contribution in [1.82, 2.24) is 9.99 Å². The first kappa shape index (κ1) is 21.2. The largest absolute Gasteiger partial charge is 0.494 e. The topological polar surface area (TPSA) is 92.6 Å². The van der Waals surface area contributed by atoms with E-state index in [4.69, 9.17) is 5.73 Å². The van der Waals surface area contributed by atoms with Crippen LogP contribution in [-0.2, 0) is 6.18 Å². The van der Waals surface area contributed by atoms with Gasteiger partial charge in [0.1, 0.15) is 0 Å². The second-order valence-electron chi connectivity index (χ2n) is 7.00. The highest BCUT2D eigenvalue weighted by atomic mass is 19.4. The maximum atomic E-state index is 13.4. The zero-order valence-electron chi connectivity index (χ0n) is 16.6. The molecule has 1 heterocycles. The van der Waals surface area contributed by atoms with Gasteiger partial charge in [-0.3, -0.25) is 4.57 Å². The maximum Gasteiger partial charge on any atom is 0.416 e. The molecule has 0 saturated heterocycles. The van der Waals surface area contributed by atoms with E-state index in [2.05, 4.69) is 10.5 Å². The third kappa shape index (κ3) is 3.96. The number of amides is 2. The first-order valence-corrected chi connectivity index (χ1v) is 9.18. The van der Waals surface area contributed by atoms with Gasteiger partial charge in [0.15, 0.2) is 0 Å². The van der Waals surface area contributed by atoms with Gasteiger partial charge in [0.25, 0.3) is 0 Å². The van der Waals surface area contributed by atoms with E-state index in [9.17, 15) is 23.1 Å². The predicted octanol–water partition coefficient (Wildman–Crippen LogP) is 4.75. The van der Waals surface area contributed by atoms with E-state index in [1.807, 2.05) is 19.9 Å². The standard InChI is InChI=1S/C21H21F3N4O2/c1-4-16(26-27-20(25)30)18-15-6-5-13(21(22,23)24)10-17(15)28(19(18)29)14-8-11(2)7-12(3)9-14/h5-10,29H,4H2,1-3H3,(H3,25,27,30). The van der Waals surface area contributed by atoms with Gasteiger partial charge in [-0.25, -0.2) is 10.2 Å². The number of fused-ring (bicyclic) bond motifs is 1. The Labute approximate surface area is 170 Å². The second-order valence-corrected chi connectivity index (χ2v) is 7.00. The molecule has 0 aliphatic heterocycles. The summed E-state index contributed by atoms with van der Waals surface area (Å²) in [6.45, 7) is 5.46. The van der Waals surface area contributed by atoms with Gasteiger partial charge < -0.3 is 10.8 Å². The molecule has 0 aliphatic carbocycles. The van der Waals surface area contributed by atoms with Crippen molar-refractivity contribution in [2.75, 3.05) is 0 Å². The van der Waals surface area contributed by atoms with E-state index in [1.165, 1.54) is 10.6 Å². The lowest BCUT2D eigenvalue weighted by molar-refractivity contribution is -0.137. The summed E-state index contributed by atoms with van der Waals surface area (Å²) in [5, 5.41) is 15.4. The fourth-order valence-electron chi connectivity index (χ4n) is 3.51. The molecule has 0 atom stereocenters. The Kier molecular flexibility index (Phi) is 5.47. The molecule has 6 nitrogen and oxygen atoms in total. The van der Waals surface area contributed by atoms with Crippen LogP contribution in [-0.4, -0.2) is 21.4 Å². The number of aromatic hydroxyl groups is 1. The number of rotatable bonds is 4. The average Bonchev–Trinajstić information content (AvgIpc) is 2.92. The van der Waals surface area contributed by atoms with Crippen LogP contribution < -0.4 is 11.2 Å². The molecule has 0 saturated carbocycles. The molecule has 3 aromatic rings. The molecule has 30 heavy (non-hydrogen) atoms. The van der Waals surface area contributed by atoms with E-state index in [0.29, 0.717) is 17.5 Å². The van der Waals surface area contributed by atoms with Crippen LogP contribution in [0.15, 0.2) is 41.5 Å². The van der Waals surface area contributed by atoms with Gasteiger partial charge in [-0.1, -0.05) is 19.1 Å². The minimum absolute atomic E-state index is 0.169. The number of hydrogen-bond acceptors (Lipinski definition) is 3. The number of primary amides is 1. The number of aryl methyl sites for hydroxylation is 2. The molecule has 4 N–H and O–H groups in total. The number of alkyl halides is 3. The number of nitrogens with zero attached hydrogens (tertiary/aromatic N) is 2. The maximum absolute atomic E-state index is 13.4. The fraction of sp³-hybridized carbons (Fsp3) is 0.238. The summed E-state index contributed by atoms with van der Waals surface area (Å²) >= 11 is 0. The molecule has 0 aliphatic rings. The zero-order chi connectivity index (χ0) is 22.2. The Bertz CT molecular complexity index is 1140. The third-order valence-corrected chi connectivity index (χ3v) is 4.66. The Hall–Kier alpha value is -3.49. The smallest absolute Gasteiger partial charge is 0.416 e. The van der Waals surface area contributed by atoms with Crippen LogP contribution in [0.2, 0.25) is 0 Å². The SMILES string of the molecule is CCC(=NNC(N)=O)c1c(O)n(-c2cc(C)cc(C)c2)c2cc(C(F)(F)F)ccc12. The van der Waals surface area contributed by atoms with Crippen LogP contribution in [0.25, 0.3) is 16.6 Å². The number of aromatic nitrogens is 1. The van der Waals surface area contributed by atoms with Crippen molar-refractivity contribution in [3.8, 4) is 11.6 Å². The van der Waals surface area contributed by atoms with Crippen molar-refractivity contribution in [3.05, 3.63) is 58.7 Å². The summed E-state index contributed by atoms with van der Waals surface area (Å²) < 4.78 is 41.4. The van der Waals surface area contributed by atoms with E-state index in [1.54, 1.807) is 19.1 Å². The molecule has 0 radical (unpaired) electrons. The lowest BCUT2D eigenvalue weighted by Gasteiger charge is -2.11. The number of carbonyl (C=O) groups is 1. The van der Waals surface area contributed by atoms with Crippen LogP contribution in [0.4, 0.5) is 18.0 Å². The van der Waals surface area contributed by atoms with Crippen LogP contribution >= 0.6 is 0 Å². The van der Waals surface area contributed by atoms with Gasteiger partial charge in [-0.15, -0.1) is 0 Å². The van der Waals surface area contributed by atoms with Gasteiger partial charge in [-0.2, -0.15) is 18.3 Å². The minimum atomic E-state index is -4.54. The van der Waals surface area contributed by atoms with E-state index in [-0.39, 0.29) is 22.7 Å². The molecular formula is C21H21F3N4O2. The Morgan fingerprint density at radius 1 is 1.17 bits per heavy atom. The van der Waals surface area contributed by atoms with Crippen molar-refractivity contribution in [1.29, 1.82) is 0 Å². The number of nitrogens with two attached hydrogens (primary N) is 1. The Balaban J connectivity index is 2.40. The molecule has 1 aromatic heterocycles. The second kappa shape index (κ2) is 7.74. The van der Waals surface area contributed by atoms with E-state index < -0.39 is 17.8 Å². The molecule has 2 aromatic carbocycles. The van der Waals surface area contributed by atoms with Gasteiger partial charge in [-0.05, 0) is 55.7 Å². The van der Waals surface area contributed by atoms with Crippen LogP contribution in [0.3, 0.4) is 0 Å². The Morgan fingerprint density at radius 3 is 2.33 bits per heavy atom. The van der Waals surface area contributed by atoms with Crippen molar-refractivity contribution >= 4 is 22.6 Å². The van der Waals surface area contributed by atoms with Gasteiger partial charge >= 0.3 is 12.2 Å². The number of hydrazone groups is 1. The highest BCUT2D eigenvalue weighted by Gasteiger charge is 2.32. The number of urea groups is 1. The molecule has 2 amide bonds. The Morgan fingerprint density at radius 2 is 1.80 bits per heavy atom. The third-order valence-electron chi connectivity index (χ3n) is 4.66. The van der Waals surface area contributed by atoms with Crippen molar-refractivity contribution in [2.24, 2.45) is 10.8 Å². The number of carbonyl (C=O) groups excluding carboxylic acids is 1. The van der Waals surface area contributed by atoms with Crippen LogP contribution in [0.1, 0.15) is 35.6 Å². The molecule has 0 spiro atoms. The van der Waals surface area contributed by atoms with E-state index in [0.717, 1.165) is 23.3 Å². The first-order chi connectivity index (χ1) is 14.0. The summed E-state index contributed by atoms with van der Waals surface area (Å²) in [7, 11) is 0. The minimum Gasteiger partial charge on any atom is -0.494 e. The summed E-state index contributed by atoms with van der Waals surface area (Å²) in [5.74, 6) is -0.277. The van der Waals surface area contributed by atoms with Crippen LogP contribution in [0.5, 0.6) is 5.88 Å². The molecule has 0 fully saturated rings. The molecule has 9 heteroatoms. The summed E-state index contributed by atoms with van der Waals surface area (Å²) in [6, 6.07) is 7.79. The summed E-state index contributed by atoms with van der Waals surface area (Å²) in [4.78, 5) is 11.1. The van der Waals surface area contributed by atoms with Crippen molar-refractivity contribution in [3.63, 3.8) is 0 Å².